The van der Waals surface area contributed by atoms with E-state index in [9.17, 15) is 0 Å². The van der Waals surface area contributed by atoms with Crippen LogP contribution in [0.15, 0.2) is 85.2 Å². The van der Waals surface area contributed by atoms with Crippen LogP contribution in [-0.2, 0) is 0 Å². The van der Waals surface area contributed by atoms with Gasteiger partial charge in [-0.2, -0.15) is 0 Å². The van der Waals surface area contributed by atoms with E-state index in [1.54, 1.807) is 20.4 Å². The van der Waals surface area contributed by atoms with Crippen LogP contribution in [0.4, 0.5) is 5.69 Å². The molecule has 0 radical (unpaired) electrons. The Labute approximate surface area is 208 Å². The first-order chi connectivity index (χ1) is 16.6. The molecular formula is C26H23ClN4O2S. The number of methoxy groups -OCH3 is 2. The van der Waals surface area contributed by atoms with Gasteiger partial charge in [-0.1, -0.05) is 23.7 Å². The van der Waals surface area contributed by atoms with Gasteiger partial charge in [0.05, 0.1) is 31.0 Å². The number of rotatable bonds is 6. The minimum absolute atomic E-state index is 0.172. The van der Waals surface area contributed by atoms with Crippen LogP contribution in [-0.4, -0.2) is 28.9 Å². The molecule has 0 amide bonds. The Kier molecular flexibility index (Phi) is 6.13. The molecule has 5 rings (SSSR count). The number of benzene rings is 2. The largest absolute Gasteiger partial charge is 0.497 e. The van der Waals surface area contributed by atoms with Crippen molar-refractivity contribution in [2.75, 3.05) is 19.1 Å². The number of hydrogen-bond donors (Lipinski definition) is 1. The third kappa shape index (κ3) is 3.97. The van der Waals surface area contributed by atoms with Gasteiger partial charge in [-0.15, -0.1) is 0 Å². The Morgan fingerprint density at radius 1 is 0.941 bits per heavy atom. The monoisotopic (exact) mass is 490 g/mol. The number of anilines is 1. The number of nitrogens with one attached hydrogen (secondary N) is 1. The summed E-state index contributed by atoms with van der Waals surface area (Å²) in [5.41, 5.74) is 3.80. The number of hydrogen-bond acceptors (Lipinski definition) is 4. The van der Waals surface area contributed by atoms with Crippen molar-refractivity contribution in [1.29, 1.82) is 0 Å². The van der Waals surface area contributed by atoms with E-state index in [4.69, 9.17) is 33.3 Å². The van der Waals surface area contributed by atoms with Gasteiger partial charge in [0, 0.05) is 35.5 Å². The maximum atomic E-state index is 6.50. The van der Waals surface area contributed by atoms with Gasteiger partial charge in [-0.3, -0.25) is 4.98 Å². The van der Waals surface area contributed by atoms with Crippen molar-refractivity contribution in [2.45, 2.75) is 12.1 Å². The van der Waals surface area contributed by atoms with E-state index in [0.29, 0.717) is 15.9 Å². The number of pyridine rings is 1. The number of halogens is 1. The topological polar surface area (TPSA) is 51.5 Å². The first-order valence-electron chi connectivity index (χ1n) is 10.8. The van der Waals surface area contributed by atoms with Crippen molar-refractivity contribution >= 4 is 34.6 Å². The molecule has 34 heavy (non-hydrogen) atoms. The third-order valence-corrected chi connectivity index (χ3v) is 6.54. The molecule has 0 unspecified atom stereocenters. The highest BCUT2D eigenvalue weighted by atomic mass is 35.5. The van der Waals surface area contributed by atoms with Crippen molar-refractivity contribution in [3.8, 4) is 17.2 Å². The molecule has 1 aliphatic rings. The van der Waals surface area contributed by atoms with Gasteiger partial charge in [-0.25, -0.2) is 0 Å². The lowest BCUT2D eigenvalue weighted by molar-refractivity contribution is 0.414. The van der Waals surface area contributed by atoms with Gasteiger partial charge in [-0.05, 0) is 66.8 Å². The summed E-state index contributed by atoms with van der Waals surface area (Å²) >= 11 is 12.3. The second-order valence-corrected chi connectivity index (χ2v) is 8.61. The number of thiocarbonyl (C=S) groups is 1. The van der Waals surface area contributed by atoms with Gasteiger partial charge in [0.25, 0.3) is 0 Å². The Morgan fingerprint density at radius 2 is 1.82 bits per heavy atom. The molecule has 0 bridgehead atoms. The smallest absolute Gasteiger partial charge is 0.174 e. The van der Waals surface area contributed by atoms with Crippen LogP contribution in [0.3, 0.4) is 0 Å². The molecule has 172 valence electrons. The summed E-state index contributed by atoms with van der Waals surface area (Å²) < 4.78 is 13.0. The summed E-state index contributed by atoms with van der Waals surface area (Å²) in [6.07, 6.45) is 3.84. The fraction of sp³-hybridized carbons (Fsp3) is 0.154. The first-order valence-corrected chi connectivity index (χ1v) is 11.5. The molecule has 0 aliphatic carbocycles. The molecule has 1 aliphatic heterocycles. The maximum absolute atomic E-state index is 6.50. The summed E-state index contributed by atoms with van der Waals surface area (Å²) in [7, 11) is 3.27. The highest BCUT2D eigenvalue weighted by molar-refractivity contribution is 7.80. The van der Waals surface area contributed by atoms with Gasteiger partial charge in [0.15, 0.2) is 5.11 Å². The van der Waals surface area contributed by atoms with Crippen molar-refractivity contribution in [2.24, 2.45) is 0 Å². The van der Waals surface area contributed by atoms with E-state index in [1.165, 1.54) is 0 Å². The number of aromatic nitrogens is 2. The average molecular weight is 491 g/mol. The van der Waals surface area contributed by atoms with E-state index in [2.05, 4.69) is 31.9 Å². The zero-order valence-electron chi connectivity index (χ0n) is 18.7. The van der Waals surface area contributed by atoms with Crippen LogP contribution in [0, 0.1) is 0 Å². The predicted molar refractivity (Wildman–Crippen MR) is 138 cm³/mol. The average Bonchev–Trinajstić information content (AvgIpc) is 3.49. The zero-order chi connectivity index (χ0) is 23.7. The molecule has 1 saturated heterocycles. The molecule has 2 atom stereocenters. The Morgan fingerprint density at radius 3 is 2.56 bits per heavy atom. The van der Waals surface area contributed by atoms with Gasteiger partial charge in [0.1, 0.15) is 17.5 Å². The van der Waals surface area contributed by atoms with Crippen LogP contribution in [0.1, 0.15) is 23.5 Å². The molecule has 2 aromatic carbocycles. The van der Waals surface area contributed by atoms with Crippen molar-refractivity contribution in [3.05, 3.63) is 102 Å². The SMILES string of the molecule is COc1cccc(-n2cccc2[C@H]2[C@@H](c3ccccn3)NC(=S)N2c2ccc(OC)c(Cl)c2)c1. The molecule has 0 spiro atoms. The lowest BCUT2D eigenvalue weighted by Crippen LogP contribution is -2.30. The van der Waals surface area contributed by atoms with Gasteiger partial charge in [0.2, 0.25) is 0 Å². The minimum Gasteiger partial charge on any atom is -0.497 e. The molecule has 6 nitrogen and oxygen atoms in total. The third-order valence-electron chi connectivity index (χ3n) is 5.93. The minimum atomic E-state index is -0.187. The predicted octanol–water partition coefficient (Wildman–Crippen LogP) is 5.72. The second-order valence-electron chi connectivity index (χ2n) is 7.82. The maximum Gasteiger partial charge on any atom is 0.174 e. The van der Waals surface area contributed by atoms with E-state index in [-0.39, 0.29) is 12.1 Å². The highest BCUT2D eigenvalue weighted by Crippen LogP contribution is 2.43. The Balaban J connectivity index is 1.66. The van der Waals surface area contributed by atoms with Crippen molar-refractivity contribution < 1.29 is 9.47 Å². The molecule has 1 fully saturated rings. The fourth-order valence-corrected chi connectivity index (χ4v) is 4.97. The fourth-order valence-electron chi connectivity index (χ4n) is 4.37. The molecule has 3 heterocycles. The van der Waals surface area contributed by atoms with Crippen LogP contribution in [0.25, 0.3) is 5.69 Å². The van der Waals surface area contributed by atoms with Crippen LogP contribution < -0.4 is 19.7 Å². The molecule has 2 aromatic heterocycles. The Hall–Kier alpha value is -3.55. The first kappa shape index (κ1) is 22.3. The standard InChI is InChI=1S/C26H23ClN4O2S/c1-32-19-8-5-7-17(15-19)30-14-6-10-22(30)25-24(21-9-3-4-13-28-21)29-26(34)31(25)18-11-12-23(33-2)20(27)16-18/h3-16,24-25H,1-2H3,(H,29,34)/t24-,25+/m1/s1. The lowest BCUT2D eigenvalue weighted by atomic mass is 10.0. The van der Waals surface area contributed by atoms with Crippen LogP contribution in [0.5, 0.6) is 11.5 Å². The van der Waals surface area contributed by atoms with Gasteiger partial charge >= 0.3 is 0 Å². The number of ether oxygens (including phenoxy) is 2. The summed E-state index contributed by atoms with van der Waals surface area (Å²) in [6, 6.07) is 23.3. The second kappa shape index (κ2) is 9.37. The van der Waals surface area contributed by atoms with E-state index in [0.717, 1.165) is 28.5 Å². The van der Waals surface area contributed by atoms with E-state index in [1.807, 2.05) is 66.9 Å². The summed E-state index contributed by atoms with van der Waals surface area (Å²) in [6.45, 7) is 0. The van der Waals surface area contributed by atoms with E-state index < -0.39 is 0 Å². The number of nitrogens with zero attached hydrogens (tertiary/aromatic N) is 3. The molecule has 0 saturated carbocycles. The van der Waals surface area contributed by atoms with E-state index >= 15 is 0 Å². The van der Waals surface area contributed by atoms with Crippen molar-refractivity contribution in [1.82, 2.24) is 14.9 Å². The van der Waals surface area contributed by atoms with Crippen molar-refractivity contribution in [3.63, 3.8) is 0 Å². The Bertz CT molecular complexity index is 1330. The molecule has 1 N–H and O–H groups in total. The molecule has 4 aromatic rings. The highest BCUT2D eigenvalue weighted by Gasteiger charge is 2.42. The summed E-state index contributed by atoms with van der Waals surface area (Å²) in [5, 5.41) is 4.61. The summed E-state index contributed by atoms with van der Waals surface area (Å²) in [4.78, 5) is 6.72. The quantitative estimate of drug-likeness (QED) is 0.349. The lowest BCUT2D eigenvalue weighted by Gasteiger charge is -2.29. The zero-order valence-corrected chi connectivity index (χ0v) is 20.3. The normalized spacial score (nSPS) is 17.5. The molecule has 8 heteroatoms. The van der Waals surface area contributed by atoms with Crippen LogP contribution in [0.2, 0.25) is 5.02 Å². The summed E-state index contributed by atoms with van der Waals surface area (Å²) in [5.74, 6) is 1.40. The molecular weight excluding hydrogens is 468 g/mol. The van der Waals surface area contributed by atoms with Crippen LogP contribution >= 0.6 is 23.8 Å². The van der Waals surface area contributed by atoms with Gasteiger partial charge < -0.3 is 24.3 Å².